The van der Waals surface area contributed by atoms with Crippen LogP contribution in [0.3, 0.4) is 0 Å². The summed E-state index contributed by atoms with van der Waals surface area (Å²) in [7, 11) is 3.29. The molecule has 0 spiro atoms. The summed E-state index contributed by atoms with van der Waals surface area (Å²) in [6.45, 7) is 4.72. The third-order valence-electron chi connectivity index (χ3n) is 4.42. The third-order valence-corrected chi connectivity index (χ3v) is 4.42. The Hall–Kier alpha value is -1.76. The number of hydrogen-bond donors (Lipinski definition) is 0. The first kappa shape index (κ1) is 21.5. The van der Waals surface area contributed by atoms with E-state index in [4.69, 9.17) is 14.2 Å². The number of Topliss-reactive ketones (excluding diaryl/α,β-unsaturated/α-hetero) is 1. The van der Waals surface area contributed by atoms with Gasteiger partial charge in [0.25, 0.3) is 5.91 Å². The predicted octanol–water partition coefficient (Wildman–Crippen LogP) is 2.94. The van der Waals surface area contributed by atoms with Crippen LogP contribution in [0.5, 0.6) is 0 Å². The zero-order chi connectivity index (χ0) is 19.9. The number of ether oxygens (including phenoxy) is 3. The lowest BCUT2D eigenvalue weighted by Crippen LogP contribution is -2.43. The average molecular weight is 377 g/mol. The summed E-state index contributed by atoms with van der Waals surface area (Å²) < 4.78 is 17.0. The lowest BCUT2D eigenvalue weighted by atomic mass is 10.0. The van der Waals surface area contributed by atoms with Gasteiger partial charge in [0.2, 0.25) is 0 Å². The van der Waals surface area contributed by atoms with E-state index in [2.05, 4.69) is 0 Å². The second kappa shape index (κ2) is 9.97. The molecule has 150 valence electrons. The molecule has 0 radical (unpaired) electrons. The Kier molecular flexibility index (Phi) is 7.95. The SMILES string of the molecule is CN(C)C(=O)[C@@H]1OC(C)(C)O[C@H]1C(=O)CCCCCOCc1ccccc1. The van der Waals surface area contributed by atoms with Crippen molar-refractivity contribution in [3.63, 3.8) is 0 Å². The highest BCUT2D eigenvalue weighted by atomic mass is 16.8. The predicted molar refractivity (Wildman–Crippen MR) is 102 cm³/mol. The Morgan fingerprint density at radius 3 is 2.37 bits per heavy atom. The van der Waals surface area contributed by atoms with Crippen LogP contribution in [0, 0.1) is 0 Å². The molecular formula is C21H31NO5. The van der Waals surface area contributed by atoms with Gasteiger partial charge in [0.05, 0.1) is 6.61 Å². The van der Waals surface area contributed by atoms with Crippen LogP contribution in [-0.4, -0.2) is 55.3 Å². The molecule has 0 unspecified atom stereocenters. The first-order valence-electron chi connectivity index (χ1n) is 9.51. The number of nitrogens with zero attached hydrogens (tertiary/aromatic N) is 1. The number of carbonyl (C=O) groups excluding carboxylic acids is 2. The number of ketones is 1. The van der Waals surface area contributed by atoms with Gasteiger partial charge in [-0.15, -0.1) is 0 Å². The number of carbonyl (C=O) groups is 2. The summed E-state index contributed by atoms with van der Waals surface area (Å²) in [5.74, 6) is -1.25. The molecule has 2 rings (SSSR count). The number of benzene rings is 1. The van der Waals surface area contributed by atoms with E-state index >= 15 is 0 Å². The second-order valence-electron chi connectivity index (χ2n) is 7.52. The van der Waals surface area contributed by atoms with Crippen molar-refractivity contribution in [1.82, 2.24) is 4.90 Å². The van der Waals surface area contributed by atoms with Crippen LogP contribution in [0.2, 0.25) is 0 Å². The fourth-order valence-electron chi connectivity index (χ4n) is 3.02. The molecule has 1 saturated heterocycles. The number of amides is 1. The Bertz CT molecular complexity index is 614. The highest BCUT2D eigenvalue weighted by molar-refractivity contribution is 5.92. The first-order chi connectivity index (χ1) is 12.8. The van der Waals surface area contributed by atoms with Crippen molar-refractivity contribution >= 4 is 11.7 Å². The molecule has 0 saturated carbocycles. The Labute approximate surface area is 161 Å². The van der Waals surface area contributed by atoms with Gasteiger partial charge in [-0.05, 0) is 32.3 Å². The summed E-state index contributed by atoms with van der Waals surface area (Å²) >= 11 is 0. The topological polar surface area (TPSA) is 65.1 Å². The van der Waals surface area contributed by atoms with Crippen molar-refractivity contribution in [1.29, 1.82) is 0 Å². The molecular weight excluding hydrogens is 346 g/mol. The summed E-state index contributed by atoms with van der Waals surface area (Å²) in [6, 6.07) is 10.0. The monoisotopic (exact) mass is 377 g/mol. The molecule has 1 aromatic carbocycles. The normalized spacial score (nSPS) is 21.2. The number of rotatable bonds is 10. The van der Waals surface area contributed by atoms with Crippen LogP contribution >= 0.6 is 0 Å². The van der Waals surface area contributed by atoms with Gasteiger partial charge in [-0.2, -0.15) is 0 Å². The van der Waals surface area contributed by atoms with Gasteiger partial charge < -0.3 is 19.1 Å². The van der Waals surface area contributed by atoms with Crippen LogP contribution in [0.25, 0.3) is 0 Å². The van der Waals surface area contributed by atoms with Gasteiger partial charge in [-0.3, -0.25) is 9.59 Å². The minimum atomic E-state index is -0.929. The summed E-state index contributed by atoms with van der Waals surface area (Å²) in [4.78, 5) is 26.2. The molecule has 1 heterocycles. The molecule has 0 aromatic heterocycles. The van der Waals surface area contributed by atoms with Crippen molar-refractivity contribution < 1.29 is 23.8 Å². The molecule has 27 heavy (non-hydrogen) atoms. The maximum absolute atomic E-state index is 12.5. The van der Waals surface area contributed by atoms with E-state index in [-0.39, 0.29) is 11.7 Å². The van der Waals surface area contributed by atoms with Gasteiger partial charge in [0, 0.05) is 27.1 Å². The van der Waals surface area contributed by atoms with Gasteiger partial charge in [-0.1, -0.05) is 36.8 Å². The van der Waals surface area contributed by atoms with Crippen LogP contribution in [0.4, 0.5) is 0 Å². The highest BCUT2D eigenvalue weighted by Crippen LogP contribution is 2.30. The van der Waals surface area contributed by atoms with E-state index in [0.29, 0.717) is 19.6 Å². The van der Waals surface area contributed by atoms with Gasteiger partial charge in [0.1, 0.15) is 0 Å². The maximum atomic E-state index is 12.5. The summed E-state index contributed by atoms with van der Waals surface area (Å²) in [5.41, 5.74) is 1.16. The first-order valence-corrected chi connectivity index (χ1v) is 9.51. The minimum Gasteiger partial charge on any atom is -0.377 e. The van der Waals surface area contributed by atoms with Gasteiger partial charge in [0.15, 0.2) is 23.8 Å². The largest absolute Gasteiger partial charge is 0.377 e. The lowest BCUT2D eigenvalue weighted by Gasteiger charge is -2.19. The molecule has 6 heteroatoms. The fraction of sp³-hybridized carbons (Fsp3) is 0.619. The summed E-state index contributed by atoms with van der Waals surface area (Å²) in [5, 5.41) is 0. The quantitative estimate of drug-likeness (QED) is 0.587. The van der Waals surface area contributed by atoms with E-state index in [1.165, 1.54) is 4.90 Å². The molecule has 6 nitrogen and oxygen atoms in total. The van der Waals surface area contributed by atoms with Crippen molar-refractivity contribution in [3.8, 4) is 0 Å². The minimum absolute atomic E-state index is 0.0778. The highest BCUT2D eigenvalue weighted by Gasteiger charge is 2.48. The fourth-order valence-corrected chi connectivity index (χ4v) is 3.02. The maximum Gasteiger partial charge on any atom is 0.254 e. The van der Waals surface area contributed by atoms with Crippen molar-refractivity contribution in [3.05, 3.63) is 35.9 Å². The van der Waals surface area contributed by atoms with Gasteiger partial charge in [-0.25, -0.2) is 0 Å². The number of hydrogen-bond acceptors (Lipinski definition) is 5. The van der Waals surface area contributed by atoms with Crippen LogP contribution < -0.4 is 0 Å². The van der Waals surface area contributed by atoms with Crippen LogP contribution in [0.1, 0.15) is 45.1 Å². The molecule has 1 aliphatic heterocycles. The van der Waals surface area contributed by atoms with E-state index in [0.717, 1.165) is 24.8 Å². The van der Waals surface area contributed by atoms with Crippen molar-refractivity contribution in [2.75, 3.05) is 20.7 Å². The molecule has 1 fully saturated rings. The number of unbranched alkanes of at least 4 members (excludes halogenated alkanes) is 2. The summed E-state index contributed by atoms with van der Waals surface area (Å²) in [6.07, 6.45) is 1.22. The number of likely N-dealkylation sites (N-methyl/N-ethyl adjacent to an activating group) is 1. The Morgan fingerprint density at radius 1 is 1.04 bits per heavy atom. The zero-order valence-corrected chi connectivity index (χ0v) is 16.8. The van der Waals surface area contributed by atoms with E-state index < -0.39 is 18.0 Å². The van der Waals surface area contributed by atoms with Gasteiger partial charge >= 0.3 is 0 Å². The molecule has 1 amide bonds. The molecule has 0 N–H and O–H groups in total. The van der Waals surface area contributed by atoms with Crippen LogP contribution in [0.15, 0.2) is 30.3 Å². The van der Waals surface area contributed by atoms with Crippen LogP contribution in [-0.2, 0) is 30.4 Å². The smallest absolute Gasteiger partial charge is 0.254 e. The lowest BCUT2D eigenvalue weighted by molar-refractivity contribution is -0.161. The van der Waals surface area contributed by atoms with E-state index in [1.807, 2.05) is 30.3 Å². The Morgan fingerprint density at radius 2 is 1.70 bits per heavy atom. The van der Waals surface area contributed by atoms with Crippen molar-refractivity contribution in [2.45, 2.75) is 64.1 Å². The molecule has 1 aromatic rings. The average Bonchev–Trinajstić information content (AvgIpc) is 2.96. The molecule has 2 atom stereocenters. The van der Waals surface area contributed by atoms with E-state index in [1.54, 1.807) is 27.9 Å². The second-order valence-corrected chi connectivity index (χ2v) is 7.52. The van der Waals surface area contributed by atoms with Crippen molar-refractivity contribution in [2.24, 2.45) is 0 Å². The molecule has 0 aliphatic carbocycles. The Balaban J connectivity index is 1.67. The molecule has 0 bridgehead atoms. The molecule has 1 aliphatic rings. The zero-order valence-electron chi connectivity index (χ0n) is 16.8. The third kappa shape index (κ3) is 6.72. The van der Waals surface area contributed by atoms with E-state index in [9.17, 15) is 9.59 Å². The standard InChI is InChI=1S/C21H31NO5/c1-21(2)26-18(19(27-21)20(24)22(3)4)17(23)13-9-6-10-14-25-15-16-11-7-5-8-12-16/h5,7-8,11-12,18-19H,6,9-10,13-15H2,1-4H3/t18-,19+/m0/s1.